The number of carboxylic acids is 1. The lowest BCUT2D eigenvalue weighted by atomic mass is 9.98. The van der Waals surface area contributed by atoms with Crippen LogP contribution in [0.3, 0.4) is 0 Å². The minimum atomic E-state index is -0.891. The van der Waals surface area contributed by atoms with E-state index in [1.54, 1.807) is 11.0 Å². The molecule has 0 spiro atoms. The van der Waals surface area contributed by atoms with Crippen molar-refractivity contribution in [1.82, 2.24) is 4.98 Å². The van der Waals surface area contributed by atoms with Crippen LogP contribution in [0.5, 0.6) is 0 Å². The summed E-state index contributed by atoms with van der Waals surface area (Å²) in [5.74, 6) is -1.37. The second kappa shape index (κ2) is 5.48. The number of nitrogens with one attached hydrogen (secondary N) is 1. The summed E-state index contributed by atoms with van der Waals surface area (Å²) in [6.45, 7) is 0.323. The third-order valence-electron chi connectivity index (χ3n) is 3.77. The number of benzene rings is 1. The van der Waals surface area contributed by atoms with Crippen LogP contribution in [0.1, 0.15) is 28.3 Å². The van der Waals surface area contributed by atoms with Gasteiger partial charge in [-0.2, -0.15) is 0 Å². The molecule has 0 aliphatic carbocycles. The normalized spacial score (nSPS) is 16.4. The number of rotatable bonds is 3. The van der Waals surface area contributed by atoms with E-state index in [-0.39, 0.29) is 23.8 Å². The van der Waals surface area contributed by atoms with E-state index in [4.69, 9.17) is 5.11 Å². The number of H-pyrrole nitrogens is 1. The van der Waals surface area contributed by atoms with Crippen LogP contribution in [0.15, 0.2) is 47.4 Å². The van der Waals surface area contributed by atoms with E-state index in [0.29, 0.717) is 12.1 Å². The highest BCUT2D eigenvalue weighted by Gasteiger charge is 2.33. The number of fused-ring (bicyclic) bond motifs is 1. The Hall–Kier alpha value is -2.89. The first-order valence-corrected chi connectivity index (χ1v) is 6.87. The molecule has 22 heavy (non-hydrogen) atoms. The highest BCUT2D eigenvalue weighted by atomic mass is 16.4. The molecule has 1 aliphatic heterocycles. The molecular formula is C16H14N2O4. The molecule has 2 aromatic rings. The van der Waals surface area contributed by atoms with E-state index in [0.717, 1.165) is 11.3 Å². The fourth-order valence-corrected chi connectivity index (χ4v) is 2.77. The summed E-state index contributed by atoms with van der Waals surface area (Å²) in [6, 6.07) is 10.1. The summed E-state index contributed by atoms with van der Waals surface area (Å²) in [7, 11) is 0. The van der Waals surface area contributed by atoms with Crippen molar-refractivity contribution in [3.63, 3.8) is 0 Å². The molecule has 0 bridgehead atoms. The molecular weight excluding hydrogens is 284 g/mol. The number of carbonyl (C=O) groups is 2. The number of aromatic amines is 1. The molecule has 2 N–H and O–H groups in total. The molecule has 1 amide bonds. The summed E-state index contributed by atoms with van der Waals surface area (Å²) < 4.78 is 0. The van der Waals surface area contributed by atoms with Crippen LogP contribution in [-0.4, -0.2) is 28.5 Å². The van der Waals surface area contributed by atoms with Crippen molar-refractivity contribution in [3.8, 4) is 0 Å². The quantitative estimate of drug-likeness (QED) is 0.900. The molecule has 1 aliphatic rings. The van der Waals surface area contributed by atoms with E-state index < -0.39 is 5.97 Å². The van der Waals surface area contributed by atoms with Crippen LogP contribution < -0.4 is 10.5 Å². The summed E-state index contributed by atoms with van der Waals surface area (Å²) in [4.78, 5) is 38.7. The van der Waals surface area contributed by atoms with Crippen molar-refractivity contribution in [2.75, 3.05) is 11.4 Å². The first-order chi connectivity index (χ1) is 10.6. The number of aliphatic carboxylic acids is 1. The average Bonchev–Trinajstić information content (AvgIpc) is 2.86. The van der Waals surface area contributed by atoms with Gasteiger partial charge >= 0.3 is 5.97 Å². The lowest BCUT2D eigenvalue weighted by molar-refractivity contribution is -0.137. The summed E-state index contributed by atoms with van der Waals surface area (Å²) >= 11 is 0. The number of pyridine rings is 1. The van der Waals surface area contributed by atoms with Crippen LogP contribution in [0.2, 0.25) is 0 Å². The molecule has 2 heterocycles. The lowest BCUT2D eigenvalue weighted by Crippen LogP contribution is -2.30. The van der Waals surface area contributed by atoms with Crippen LogP contribution in [0.4, 0.5) is 5.69 Å². The van der Waals surface area contributed by atoms with Crippen molar-refractivity contribution in [2.24, 2.45) is 0 Å². The number of carbonyl (C=O) groups excluding carboxylic acids is 1. The Balaban J connectivity index is 1.95. The maximum atomic E-state index is 12.6. The third-order valence-corrected chi connectivity index (χ3v) is 3.77. The fourth-order valence-electron chi connectivity index (χ4n) is 2.77. The van der Waals surface area contributed by atoms with E-state index in [2.05, 4.69) is 4.98 Å². The number of hydrogen-bond donors (Lipinski definition) is 2. The van der Waals surface area contributed by atoms with Gasteiger partial charge in [0.05, 0.1) is 12.0 Å². The molecule has 3 rings (SSSR count). The van der Waals surface area contributed by atoms with Crippen molar-refractivity contribution in [1.29, 1.82) is 0 Å². The van der Waals surface area contributed by atoms with Gasteiger partial charge in [-0.15, -0.1) is 0 Å². The van der Waals surface area contributed by atoms with Crippen LogP contribution in [-0.2, 0) is 4.79 Å². The fraction of sp³-hybridized carbons (Fsp3) is 0.188. The van der Waals surface area contributed by atoms with E-state index >= 15 is 0 Å². The SMILES string of the molecule is O=C(O)CC1CN(C(=O)c2ccc(=O)[nH]c2)c2ccccc21. The zero-order valence-corrected chi connectivity index (χ0v) is 11.7. The van der Waals surface area contributed by atoms with Gasteiger partial charge in [0.2, 0.25) is 5.56 Å². The van der Waals surface area contributed by atoms with Crippen LogP contribution >= 0.6 is 0 Å². The summed E-state index contributed by atoms with van der Waals surface area (Å²) in [5, 5.41) is 9.03. The van der Waals surface area contributed by atoms with Gasteiger partial charge in [-0.05, 0) is 17.7 Å². The van der Waals surface area contributed by atoms with Crippen molar-refractivity contribution < 1.29 is 14.7 Å². The van der Waals surface area contributed by atoms with Crippen molar-refractivity contribution in [2.45, 2.75) is 12.3 Å². The Kier molecular flexibility index (Phi) is 3.50. The molecule has 0 fully saturated rings. The zero-order chi connectivity index (χ0) is 15.7. The first-order valence-electron chi connectivity index (χ1n) is 6.87. The number of anilines is 1. The van der Waals surface area contributed by atoms with Gasteiger partial charge in [-0.3, -0.25) is 14.4 Å². The van der Waals surface area contributed by atoms with Gasteiger partial charge in [-0.25, -0.2) is 0 Å². The Bertz CT molecular complexity index is 776. The van der Waals surface area contributed by atoms with Crippen LogP contribution in [0, 0.1) is 0 Å². The van der Waals surface area contributed by atoms with Gasteiger partial charge in [0.1, 0.15) is 0 Å². The second-order valence-corrected chi connectivity index (χ2v) is 5.21. The number of nitrogens with zero attached hydrogens (tertiary/aromatic N) is 1. The average molecular weight is 298 g/mol. The molecule has 6 nitrogen and oxygen atoms in total. The smallest absolute Gasteiger partial charge is 0.304 e. The number of amides is 1. The predicted octanol–water partition coefficient (Wildman–Crippen LogP) is 1.59. The maximum Gasteiger partial charge on any atom is 0.304 e. The number of carboxylic acid groups (broad SMARTS) is 1. The Morgan fingerprint density at radius 1 is 1.23 bits per heavy atom. The largest absolute Gasteiger partial charge is 0.481 e. The highest BCUT2D eigenvalue weighted by molar-refractivity contribution is 6.07. The van der Waals surface area contributed by atoms with Gasteiger partial charge in [0.15, 0.2) is 0 Å². The number of hydrogen-bond acceptors (Lipinski definition) is 3. The Morgan fingerprint density at radius 3 is 2.68 bits per heavy atom. The molecule has 1 unspecified atom stereocenters. The van der Waals surface area contributed by atoms with Crippen LogP contribution in [0.25, 0.3) is 0 Å². The number of para-hydroxylation sites is 1. The molecule has 0 saturated heterocycles. The Labute approximate surface area is 126 Å². The molecule has 1 aromatic carbocycles. The van der Waals surface area contributed by atoms with Gasteiger partial charge in [0.25, 0.3) is 5.91 Å². The molecule has 112 valence electrons. The lowest BCUT2D eigenvalue weighted by Gasteiger charge is -2.17. The molecule has 0 radical (unpaired) electrons. The summed E-state index contributed by atoms with van der Waals surface area (Å²) in [6.07, 6.45) is 1.35. The minimum absolute atomic E-state index is 0.0214. The zero-order valence-electron chi connectivity index (χ0n) is 11.7. The standard InChI is InChI=1S/C16H14N2O4/c19-14-6-5-10(8-17-14)16(22)18-9-11(7-15(20)21)12-3-1-2-4-13(12)18/h1-6,8,11H,7,9H2,(H,17,19)(H,20,21). The van der Waals surface area contributed by atoms with Gasteiger partial charge in [-0.1, -0.05) is 18.2 Å². The predicted molar refractivity (Wildman–Crippen MR) is 80.2 cm³/mol. The monoisotopic (exact) mass is 298 g/mol. The van der Waals surface area contributed by atoms with Gasteiger partial charge in [0, 0.05) is 30.4 Å². The van der Waals surface area contributed by atoms with E-state index in [9.17, 15) is 14.4 Å². The molecule has 0 saturated carbocycles. The summed E-state index contributed by atoms with van der Waals surface area (Å²) in [5.41, 5.74) is 1.68. The van der Waals surface area contributed by atoms with Crippen molar-refractivity contribution in [3.05, 3.63) is 64.1 Å². The second-order valence-electron chi connectivity index (χ2n) is 5.21. The van der Waals surface area contributed by atoms with Gasteiger partial charge < -0.3 is 15.0 Å². The maximum absolute atomic E-state index is 12.6. The van der Waals surface area contributed by atoms with E-state index in [1.165, 1.54) is 18.3 Å². The highest BCUT2D eigenvalue weighted by Crippen LogP contribution is 2.38. The topological polar surface area (TPSA) is 90.5 Å². The molecule has 1 aromatic heterocycles. The minimum Gasteiger partial charge on any atom is -0.481 e. The number of aromatic nitrogens is 1. The molecule has 6 heteroatoms. The first kappa shape index (κ1) is 14.1. The molecule has 1 atom stereocenters. The Morgan fingerprint density at radius 2 is 2.00 bits per heavy atom. The van der Waals surface area contributed by atoms with Crippen molar-refractivity contribution >= 4 is 17.6 Å². The van der Waals surface area contributed by atoms with E-state index in [1.807, 2.05) is 18.2 Å². The third kappa shape index (κ3) is 2.50.